The minimum absolute atomic E-state index is 0.00146. The summed E-state index contributed by atoms with van der Waals surface area (Å²) in [5.74, 6) is 0.712. The Morgan fingerprint density at radius 1 is 1.11 bits per heavy atom. The first-order chi connectivity index (χ1) is 9.34. The first kappa shape index (κ1) is 11.5. The molecule has 3 nitrogen and oxygen atoms in total. The summed E-state index contributed by atoms with van der Waals surface area (Å²) < 4.78 is 5.44. The number of fused-ring (bicyclic) bond motifs is 3. The van der Waals surface area contributed by atoms with Gasteiger partial charge in [-0.05, 0) is 30.7 Å². The molecule has 4 rings (SSSR count). The molecule has 19 heavy (non-hydrogen) atoms. The van der Waals surface area contributed by atoms with Gasteiger partial charge in [0, 0.05) is 6.04 Å². The molecule has 1 aromatic rings. The van der Waals surface area contributed by atoms with E-state index in [1.165, 1.54) is 24.8 Å². The lowest BCUT2D eigenvalue weighted by atomic mass is 10.0. The van der Waals surface area contributed by atoms with Crippen LogP contribution in [0.4, 0.5) is 0 Å². The van der Waals surface area contributed by atoms with E-state index in [4.69, 9.17) is 4.74 Å². The van der Waals surface area contributed by atoms with Crippen LogP contribution in [0.2, 0.25) is 0 Å². The van der Waals surface area contributed by atoms with E-state index in [1.54, 1.807) is 0 Å². The zero-order chi connectivity index (χ0) is 12.8. The smallest absolute Gasteiger partial charge is 0.323 e. The molecule has 3 aliphatic rings. The predicted molar refractivity (Wildman–Crippen MR) is 71.5 cm³/mol. The number of hydrogen-bond acceptors (Lipinski definition) is 3. The number of morpholine rings is 1. The minimum Gasteiger partial charge on any atom is -0.462 e. The van der Waals surface area contributed by atoms with E-state index >= 15 is 0 Å². The van der Waals surface area contributed by atoms with Crippen molar-refractivity contribution in [3.05, 3.63) is 35.9 Å². The van der Waals surface area contributed by atoms with E-state index in [0.29, 0.717) is 18.6 Å². The van der Waals surface area contributed by atoms with Crippen LogP contribution in [0.15, 0.2) is 30.3 Å². The van der Waals surface area contributed by atoms with Crippen LogP contribution < -0.4 is 0 Å². The highest BCUT2D eigenvalue weighted by molar-refractivity contribution is 5.77. The van der Waals surface area contributed by atoms with E-state index in [1.807, 2.05) is 6.07 Å². The Kier molecular flexibility index (Phi) is 2.62. The fourth-order valence-electron chi connectivity index (χ4n) is 4.28. The number of rotatable bonds is 1. The summed E-state index contributed by atoms with van der Waals surface area (Å²) in [6.07, 6.45) is 4.85. The first-order valence-corrected chi connectivity index (χ1v) is 7.33. The lowest BCUT2D eigenvalue weighted by molar-refractivity contribution is -0.162. The van der Waals surface area contributed by atoms with E-state index in [0.717, 1.165) is 6.42 Å². The molecule has 100 valence electrons. The maximum Gasteiger partial charge on any atom is 0.323 e. The molecule has 0 aromatic heterocycles. The van der Waals surface area contributed by atoms with Crippen molar-refractivity contribution in [2.75, 3.05) is 6.61 Å². The Morgan fingerprint density at radius 3 is 2.79 bits per heavy atom. The summed E-state index contributed by atoms with van der Waals surface area (Å²) in [7, 11) is 0. The monoisotopic (exact) mass is 257 g/mol. The normalized spacial score (nSPS) is 37.8. The SMILES string of the molecule is O=C1OCC(c2ccccc2)N2C1CC1CCCC12. The lowest BCUT2D eigenvalue weighted by Crippen LogP contribution is -2.49. The number of nitrogens with zero attached hydrogens (tertiary/aromatic N) is 1. The Labute approximate surface area is 113 Å². The third-order valence-corrected chi connectivity index (χ3v) is 5.09. The van der Waals surface area contributed by atoms with Gasteiger partial charge in [0.15, 0.2) is 0 Å². The van der Waals surface area contributed by atoms with Crippen molar-refractivity contribution < 1.29 is 9.53 Å². The van der Waals surface area contributed by atoms with Crippen molar-refractivity contribution in [1.82, 2.24) is 4.90 Å². The predicted octanol–water partition coefficient (Wildman–Crippen LogP) is 2.53. The van der Waals surface area contributed by atoms with Gasteiger partial charge in [-0.2, -0.15) is 0 Å². The number of benzene rings is 1. The first-order valence-electron chi connectivity index (χ1n) is 7.33. The molecule has 0 amide bonds. The molecule has 4 atom stereocenters. The molecule has 2 heterocycles. The highest BCUT2D eigenvalue weighted by Crippen LogP contribution is 2.47. The fourth-order valence-corrected chi connectivity index (χ4v) is 4.28. The van der Waals surface area contributed by atoms with Gasteiger partial charge in [-0.15, -0.1) is 0 Å². The topological polar surface area (TPSA) is 29.5 Å². The van der Waals surface area contributed by atoms with Crippen molar-refractivity contribution >= 4 is 5.97 Å². The summed E-state index contributed by atoms with van der Waals surface area (Å²) in [6.45, 7) is 0.516. The van der Waals surface area contributed by atoms with Gasteiger partial charge in [-0.1, -0.05) is 36.8 Å². The standard InChI is InChI=1S/C16H19NO2/c18-16-14-9-12-7-4-8-13(12)17(14)15(10-19-16)11-5-2-1-3-6-11/h1-3,5-6,12-15H,4,7-10H2. The second-order valence-electron chi connectivity index (χ2n) is 6.01. The number of cyclic esters (lactones) is 1. The Balaban J connectivity index is 1.70. The van der Waals surface area contributed by atoms with Gasteiger partial charge in [0.1, 0.15) is 12.6 Å². The van der Waals surface area contributed by atoms with Crippen molar-refractivity contribution in [1.29, 1.82) is 0 Å². The molecule has 0 spiro atoms. The molecule has 4 unspecified atom stereocenters. The maximum atomic E-state index is 12.0. The number of carbonyl (C=O) groups is 1. The molecule has 1 saturated carbocycles. The van der Waals surface area contributed by atoms with E-state index in [2.05, 4.69) is 29.2 Å². The molecule has 3 fully saturated rings. The third-order valence-electron chi connectivity index (χ3n) is 5.09. The fraction of sp³-hybridized carbons (Fsp3) is 0.562. The van der Waals surface area contributed by atoms with Gasteiger partial charge in [0.25, 0.3) is 0 Å². The number of hydrogen-bond donors (Lipinski definition) is 0. The van der Waals surface area contributed by atoms with Gasteiger partial charge in [0.2, 0.25) is 0 Å². The van der Waals surface area contributed by atoms with Crippen LogP contribution in [0.5, 0.6) is 0 Å². The Hall–Kier alpha value is -1.35. The van der Waals surface area contributed by atoms with Crippen molar-refractivity contribution in [2.45, 2.75) is 43.8 Å². The lowest BCUT2D eigenvalue weighted by Gasteiger charge is -2.39. The van der Waals surface area contributed by atoms with Gasteiger partial charge < -0.3 is 4.74 Å². The summed E-state index contributed by atoms with van der Waals surface area (Å²) in [5.41, 5.74) is 1.28. The van der Waals surface area contributed by atoms with Crippen LogP contribution in [0.25, 0.3) is 0 Å². The summed E-state index contributed by atoms with van der Waals surface area (Å²) in [5, 5.41) is 0. The van der Waals surface area contributed by atoms with Crippen LogP contribution in [0.1, 0.15) is 37.3 Å². The average Bonchev–Trinajstić information content (AvgIpc) is 3.02. The molecule has 0 N–H and O–H groups in total. The second kappa shape index (κ2) is 4.34. The highest BCUT2D eigenvalue weighted by Gasteiger charge is 2.52. The van der Waals surface area contributed by atoms with Crippen LogP contribution in [0, 0.1) is 5.92 Å². The average molecular weight is 257 g/mol. The van der Waals surface area contributed by atoms with Gasteiger partial charge in [0.05, 0.1) is 6.04 Å². The van der Waals surface area contributed by atoms with Gasteiger partial charge in [-0.3, -0.25) is 9.69 Å². The quantitative estimate of drug-likeness (QED) is 0.724. The third kappa shape index (κ3) is 1.71. The maximum absolute atomic E-state index is 12.0. The highest BCUT2D eigenvalue weighted by atomic mass is 16.5. The van der Waals surface area contributed by atoms with Crippen molar-refractivity contribution in [3.8, 4) is 0 Å². The largest absolute Gasteiger partial charge is 0.462 e. The van der Waals surface area contributed by atoms with Gasteiger partial charge >= 0.3 is 5.97 Å². The van der Waals surface area contributed by atoms with Crippen LogP contribution in [-0.2, 0) is 9.53 Å². The minimum atomic E-state index is 0.00146. The van der Waals surface area contributed by atoms with E-state index in [-0.39, 0.29) is 18.1 Å². The van der Waals surface area contributed by atoms with E-state index < -0.39 is 0 Å². The second-order valence-corrected chi connectivity index (χ2v) is 6.01. The molecule has 2 saturated heterocycles. The molecule has 3 heteroatoms. The number of ether oxygens (including phenoxy) is 1. The Bertz CT molecular complexity index is 487. The molecule has 2 aliphatic heterocycles. The molecule has 0 bridgehead atoms. The molecule has 0 radical (unpaired) electrons. The molecular weight excluding hydrogens is 238 g/mol. The van der Waals surface area contributed by atoms with Crippen LogP contribution >= 0.6 is 0 Å². The van der Waals surface area contributed by atoms with E-state index in [9.17, 15) is 4.79 Å². The van der Waals surface area contributed by atoms with Crippen LogP contribution in [-0.4, -0.2) is 29.6 Å². The number of carbonyl (C=O) groups excluding carboxylic acids is 1. The zero-order valence-electron chi connectivity index (χ0n) is 11.0. The molecule has 1 aromatic carbocycles. The number of esters is 1. The molecule has 1 aliphatic carbocycles. The van der Waals surface area contributed by atoms with Crippen molar-refractivity contribution in [2.24, 2.45) is 5.92 Å². The Morgan fingerprint density at radius 2 is 1.95 bits per heavy atom. The summed E-state index contributed by atoms with van der Waals surface area (Å²) in [4.78, 5) is 14.5. The van der Waals surface area contributed by atoms with Crippen LogP contribution in [0.3, 0.4) is 0 Å². The summed E-state index contributed by atoms with van der Waals surface area (Å²) >= 11 is 0. The molecular formula is C16H19NO2. The van der Waals surface area contributed by atoms with Crippen molar-refractivity contribution in [3.63, 3.8) is 0 Å². The zero-order valence-corrected chi connectivity index (χ0v) is 11.0. The summed E-state index contributed by atoms with van der Waals surface area (Å²) in [6, 6.07) is 11.4. The van der Waals surface area contributed by atoms with Gasteiger partial charge in [-0.25, -0.2) is 0 Å².